The SMILES string of the molecule is CN1C(=O)N(C)[P+](Cl)(Cl)N(C)C1=O. The molecule has 1 heterocycles. The fraction of sp³-hybridized carbons (Fsp3) is 0.600. The van der Waals surface area contributed by atoms with Gasteiger partial charge in [0.1, 0.15) is 0 Å². The molecule has 1 saturated heterocycles. The highest BCUT2D eigenvalue weighted by molar-refractivity contribution is 8.14. The first-order valence-electron chi connectivity index (χ1n) is 3.38. The summed E-state index contributed by atoms with van der Waals surface area (Å²) in [6, 6.07) is -0.970. The summed E-state index contributed by atoms with van der Waals surface area (Å²) in [5.41, 5.74) is 0. The lowest BCUT2D eigenvalue weighted by Gasteiger charge is -2.35. The van der Waals surface area contributed by atoms with E-state index in [0.29, 0.717) is 0 Å². The standard InChI is InChI=1S/C5H9Cl2N3O2P/c1-8-4(11)9(2)13(6,7)10(3)5(8)12/h1-3H3/q+1. The summed E-state index contributed by atoms with van der Waals surface area (Å²) in [5.74, 6) is 0. The Morgan fingerprint density at radius 2 is 1.31 bits per heavy atom. The van der Waals surface area contributed by atoms with Crippen LogP contribution in [0.25, 0.3) is 0 Å². The average Bonchev–Trinajstić information content (AvgIpc) is 2.09. The third kappa shape index (κ3) is 1.45. The zero-order valence-electron chi connectivity index (χ0n) is 7.36. The molecule has 13 heavy (non-hydrogen) atoms. The van der Waals surface area contributed by atoms with Gasteiger partial charge < -0.3 is 0 Å². The molecule has 0 aliphatic carbocycles. The second-order valence-electron chi connectivity index (χ2n) is 2.63. The quantitative estimate of drug-likeness (QED) is 0.614. The Morgan fingerprint density at radius 3 is 1.62 bits per heavy atom. The molecule has 0 saturated carbocycles. The van der Waals surface area contributed by atoms with Gasteiger partial charge >= 0.3 is 18.3 Å². The summed E-state index contributed by atoms with van der Waals surface area (Å²) >= 11 is 11.8. The van der Waals surface area contributed by atoms with Crippen molar-refractivity contribution in [3.63, 3.8) is 0 Å². The fourth-order valence-electron chi connectivity index (χ4n) is 0.923. The van der Waals surface area contributed by atoms with Crippen LogP contribution in [0.5, 0.6) is 0 Å². The van der Waals surface area contributed by atoms with Gasteiger partial charge in [-0.25, -0.2) is 14.5 Å². The van der Waals surface area contributed by atoms with E-state index in [4.69, 9.17) is 22.5 Å². The molecular weight excluding hydrogens is 236 g/mol. The van der Waals surface area contributed by atoms with E-state index in [0.717, 1.165) is 4.90 Å². The number of urea groups is 2. The predicted octanol–water partition coefficient (Wildman–Crippen LogP) is 2.19. The van der Waals surface area contributed by atoms with Crippen LogP contribution in [0.1, 0.15) is 0 Å². The number of hydrogen-bond donors (Lipinski definition) is 0. The largest absolute Gasteiger partial charge is 0.407 e. The van der Waals surface area contributed by atoms with E-state index in [1.807, 2.05) is 0 Å². The molecule has 8 heteroatoms. The van der Waals surface area contributed by atoms with Gasteiger partial charge in [-0.2, -0.15) is 0 Å². The summed E-state index contributed by atoms with van der Waals surface area (Å²) < 4.78 is 2.36. The van der Waals surface area contributed by atoms with Crippen molar-refractivity contribution in [2.75, 3.05) is 21.1 Å². The number of carbonyl (C=O) groups excluding carboxylic acids is 2. The predicted molar refractivity (Wildman–Crippen MR) is 52.7 cm³/mol. The van der Waals surface area contributed by atoms with E-state index in [1.165, 1.54) is 30.5 Å². The molecule has 0 aromatic rings. The molecular formula is C5H9Cl2N3O2P+. The Labute approximate surface area is 86.2 Å². The maximum atomic E-state index is 11.4. The molecule has 1 rings (SSSR count). The summed E-state index contributed by atoms with van der Waals surface area (Å²) in [7, 11) is 4.32. The third-order valence-electron chi connectivity index (χ3n) is 1.85. The minimum absolute atomic E-state index is 0.485. The summed E-state index contributed by atoms with van der Waals surface area (Å²) in [4.78, 5) is 23.7. The minimum Gasteiger partial charge on any atom is -0.244 e. The van der Waals surface area contributed by atoms with Crippen molar-refractivity contribution < 1.29 is 9.59 Å². The van der Waals surface area contributed by atoms with Crippen molar-refractivity contribution in [3.05, 3.63) is 0 Å². The fourth-order valence-corrected chi connectivity index (χ4v) is 2.78. The molecule has 0 N–H and O–H groups in total. The van der Waals surface area contributed by atoms with Crippen LogP contribution in [0, 0.1) is 0 Å². The first-order valence-corrected chi connectivity index (χ1v) is 6.89. The summed E-state index contributed by atoms with van der Waals surface area (Å²) in [6.45, 7) is 0. The van der Waals surface area contributed by atoms with Crippen LogP contribution in [-0.2, 0) is 0 Å². The molecule has 0 aromatic heterocycles. The van der Waals surface area contributed by atoms with Gasteiger partial charge in [-0.1, -0.05) is 0 Å². The molecule has 5 nitrogen and oxygen atoms in total. The van der Waals surface area contributed by atoms with Gasteiger partial charge in [0.25, 0.3) is 0 Å². The second-order valence-corrected chi connectivity index (χ2v) is 8.09. The van der Waals surface area contributed by atoms with E-state index < -0.39 is 18.3 Å². The highest BCUT2D eigenvalue weighted by Crippen LogP contribution is 2.74. The lowest BCUT2D eigenvalue weighted by molar-refractivity contribution is 0.169. The van der Waals surface area contributed by atoms with E-state index in [-0.39, 0.29) is 0 Å². The third-order valence-corrected chi connectivity index (χ3v) is 6.36. The monoisotopic (exact) mass is 244 g/mol. The average molecular weight is 245 g/mol. The van der Waals surface area contributed by atoms with Gasteiger partial charge in [0.15, 0.2) is 22.5 Å². The normalized spacial score (nSPS) is 22.7. The number of hydrogen-bond acceptors (Lipinski definition) is 2. The van der Waals surface area contributed by atoms with Gasteiger partial charge in [-0.15, -0.1) is 9.34 Å². The molecule has 0 aromatic carbocycles. The number of rotatable bonds is 0. The van der Waals surface area contributed by atoms with Crippen LogP contribution in [-0.4, -0.2) is 47.4 Å². The van der Waals surface area contributed by atoms with E-state index in [9.17, 15) is 9.59 Å². The molecule has 4 amide bonds. The van der Waals surface area contributed by atoms with Crippen LogP contribution in [0.4, 0.5) is 9.59 Å². The van der Waals surface area contributed by atoms with Crippen molar-refractivity contribution in [1.82, 2.24) is 14.2 Å². The maximum absolute atomic E-state index is 11.4. The van der Waals surface area contributed by atoms with Gasteiger partial charge in [-0.05, 0) is 0 Å². The molecule has 0 spiro atoms. The molecule has 0 radical (unpaired) electrons. The number of carbonyl (C=O) groups is 2. The Bertz CT molecular complexity index is 249. The van der Waals surface area contributed by atoms with Crippen LogP contribution >= 0.6 is 28.8 Å². The minimum atomic E-state index is -2.80. The van der Waals surface area contributed by atoms with Crippen LogP contribution in [0.2, 0.25) is 0 Å². The van der Waals surface area contributed by atoms with Crippen molar-refractivity contribution in [1.29, 1.82) is 0 Å². The first-order chi connectivity index (χ1) is 5.80. The molecule has 1 aliphatic rings. The highest BCUT2D eigenvalue weighted by Gasteiger charge is 2.58. The summed E-state index contributed by atoms with van der Waals surface area (Å²) in [5, 5.41) is 0. The van der Waals surface area contributed by atoms with E-state index in [2.05, 4.69) is 0 Å². The van der Waals surface area contributed by atoms with Gasteiger partial charge in [0.05, 0.1) is 14.1 Å². The highest BCUT2D eigenvalue weighted by atomic mass is 35.9. The number of nitrogens with zero attached hydrogens (tertiary/aromatic N) is 3. The van der Waals surface area contributed by atoms with Crippen molar-refractivity contribution >= 4 is 40.8 Å². The van der Waals surface area contributed by atoms with Crippen molar-refractivity contribution in [3.8, 4) is 0 Å². The Hall–Kier alpha value is -0.250. The molecule has 0 bridgehead atoms. The summed E-state index contributed by atoms with van der Waals surface area (Å²) in [6.07, 6.45) is -2.80. The van der Waals surface area contributed by atoms with Crippen LogP contribution in [0.15, 0.2) is 0 Å². The zero-order chi connectivity index (χ0) is 10.4. The first kappa shape index (κ1) is 10.8. The molecule has 1 fully saturated rings. The van der Waals surface area contributed by atoms with E-state index in [1.54, 1.807) is 0 Å². The molecule has 0 atom stereocenters. The van der Waals surface area contributed by atoms with Crippen LogP contribution in [0.3, 0.4) is 0 Å². The smallest absolute Gasteiger partial charge is 0.244 e. The lowest BCUT2D eigenvalue weighted by Crippen LogP contribution is -2.52. The Morgan fingerprint density at radius 1 is 1.00 bits per heavy atom. The zero-order valence-corrected chi connectivity index (χ0v) is 9.77. The van der Waals surface area contributed by atoms with Gasteiger partial charge in [0.2, 0.25) is 0 Å². The van der Waals surface area contributed by atoms with Gasteiger partial charge in [0, 0.05) is 7.05 Å². The number of halogens is 2. The topological polar surface area (TPSA) is 43.9 Å². The molecule has 1 aliphatic heterocycles. The second kappa shape index (κ2) is 3.15. The lowest BCUT2D eigenvalue weighted by atomic mass is 10.7. The van der Waals surface area contributed by atoms with Crippen LogP contribution < -0.4 is 0 Å². The van der Waals surface area contributed by atoms with Crippen molar-refractivity contribution in [2.24, 2.45) is 0 Å². The number of imide groups is 1. The Kier molecular flexibility index (Phi) is 2.63. The number of amides is 4. The Balaban J connectivity index is 3.07. The van der Waals surface area contributed by atoms with Gasteiger partial charge in [-0.3, -0.25) is 0 Å². The molecule has 0 unspecified atom stereocenters. The maximum Gasteiger partial charge on any atom is 0.407 e. The molecule has 74 valence electrons. The van der Waals surface area contributed by atoms with Crippen molar-refractivity contribution in [2.45, 2.75) is 0 Å². The van der Waals surface area contributed by atoms with E-state index >= 15 is 0 Å².